The third-order valence-corrected chi connectivity index (χ3v) is 7.93. The summed E-state index contributed by atoms with van der Waals surface area (Å²) in [7, 11) is 6.17. The van der Waals surface area contributed by atoms with Crippen molar-refractivity contribution in [2.45, 2.75) is 51.7 Å². The monoisotopic (exact) mass is 630 g/mol. The van der Waals surface area contributed by atoms with Crippen molar-refractivity contribution >= 4 is 23.0 Å². The third-order valence-electron chi connectivity index (χ3n) is 7.93. The van der Waals surface area contributed by atoms with E-state index in [1.54, 1.807) is 50.6 Å². The zero-order chi connectivity index (χ0) is 33.4. The Morgan fingerprint density at radius 1 is 0.826 bits per heavy atom. The molecule has 0 aliphatic carbocycles. The number of carboxylic acids is 1. The van der Waals surface area contributed by atoms with E-state index in [1.165, 1.54) is 20.3 Å². The van der Waals surface area contributed by atoms with Crippen molar-refractivity contribution in [3.63, 3.8) is 0 Å². The first-order valence-electron chi connectivity index (χ1n) is 14.7. The zero-order valence-electron chi connectivity index (χ0n) is 27.2. The Kier molecular flexibility index (Phi) is 8.66. The van der Waals surface area contributed by atoms with Gasteiger partial charge < -0.3 is 37.9 Å². The van der Waals surface area contributed by atoms with Gasteiger partial charge in [0.15, 0.2) is 0 Å². The summed E-state index contributed by atoms with van der Waals surface area (Å²) >= 11 is 0. The Bertz CT molecular complexity index is 1880. The van der Waals surface area contributed by atoms with Gasteiger partial charge in [-0.25, -0.2) is 9.59 Å². The number of fused-ring (bicyclic) bond motifs is 3. The summed E-state index contributed by atoms with van der Waals surface area (Å²) in [5.74, 6) is 2.36. The second-order valence-electron chi connectivity index (χ2n) is 12.0. The van der Waals surface area contributed by atoms with Crippen molar-refractivity contribution in [2.75, 3.05) is 28.4 Å². The number of rotatable bonds is 6. The molecule has 0 amide bonds. The highest BCUT2D eigenvalue weighted by atomic mass is 16.5. The molecule has 46 heavy (non-hydrogen) atoms. The maximum Gasteiger partial charge on any atom is 0.347 e. The molecule has 0 radical (unpaired) electrons. The van der Waals surface area contributed by atoms with Crippen LogP contribution in [0.15, 0.2) is 57.8 Å². The summed E-state index contributed by atoms with van der Waals surface area (Å²) in [6.07, 6.45) is 5.53. The van der Waals surface area contributed by atoms with Crippen LogP contribution in [0.3, 0.4) is 0 Å². The Labute approximate surface area is 267 Å². The molecule has 242 valence electrons. The second-order valence-corrected chi connectivity index (χ2v) is 12.0. The molecule has 2 aliphatic rings. The van der Waals surface area contributed by atoms with Crippen molar-refractivity contribution in [2.24, 2.45) is 0 Å². The zero-order valence-corrected chi connectivity index (χ0v) is 27.2. The minimum Gasteiger partial charge on any atom is -0.497 e. The Morgan fingerprint density at radius 2 is 1.50 bits per heavy atom. The first kappa shape index (κ1) is 32.3. The van der Waals surface area contributed by atoms with Gasteiger partial charge in [-0.15, -0.1) is 0 Å². The van der Waals surface area contributed by atoms with Gasteiger partial charge in [0.2, 0.25) is 0 Å². The largest absolute Gasteiger partial charge is 0.497 e. The molecule has 0 saturated carbocycles. The first-order chi connectivity index (χ1) is 21.8. The summed E-state index contributed by atoms with van der Waals surface area (Å²) in [5, 5.41) is 9.66. The molecule has 0 unspecified atom stereocenters. The molecule has 0 fully saturated rings. The third kappa shape index (κ3) is 6.07. The van der Waals surface area contributed by atoms with E-state index < -0.39 is 17.2 Å². The molecule has 0 atom stereocenters. The van der Waals surface area contributed by atoms with Crippen molar-refractivity contribution < 1.29 is 42.7 Å². The molecule has 1 aromatic heterocycles. The standard InChI is InChI=1S/C23H22O6.C13H16O4/c1-23(2)11-10-15-16(29-23)12-17-19(20(15)26-4)21(27-5)18(22(24)28-17)13-6-8-14(25-3)9-7-13;1-13(2)7-6-8-10(17-13)5-4-9(12(14)15)11(8)16-3/h6-12H,1-5H3;4-5H,6-7H2,1-3H3,(H,14,15). The lowest BCUT2D eigenvalue weighted by atomic mass is 9.92. The van der Waals surface area contributed by atoms with E-state index in [2.05, 4.69) is 0 Å². The SMILES string of the molecule is COc1c(C(=O)O)ccc2c1CCC(C)(C)O2.COc1ccc(-c2c(OC)c3c(OC)c4c(cc3oc2=O)OC(C)(C)C=C4)cc1. The highest BCUT2D eigenvalue weighted by molar-refractivity contribution is 5.99. The van der Waals surface area contributed by atoms with Crippen LogP contribution in [0.4, 0.5) is 0 Å². The Balaban J connectivity index is 0.000000209. The number of carbonyl (C=O) groups is 1. The smallest absolute Gasteiger partial charge is 0.347 e. The quantitative estimate of drug-likeness (QED) is 0.219. The number of benzene rings is 3. The maximum absolute atomic E-state index is 12.9. The van der Waals surface area contributed by atoms with Gasteiger partial charge >= 0.3 is 11.6 Å². The molecule has 0 spiro atoms. The van der Waals surface area contributed by atoms with Gasteiger partial charge in [-0.3, -0.25) is 0 Å². The Hall–Kier alpha value is -5.12. The molecule has 1 N–H and O–H groups in total. The molecule has 0 saturated heterocycles. The van der Waals surface area contributed by atoms with Gasteiger partial charge in [-0.2, -0.15) is 0 Å². The minimum atomic E-state index is -0.977. The highest BCUT2D eigenvalue weighted by Gasteiger charge is 2.31. The van der Waals surface area contributed by atoms with Crippen molar-refractivity contribution in [1.82, 2.24) is 0 Å². The van der Waals surface area contributed by atoms with Crippen LogP contribution >= 0.6 is 0 Å². The van der Waals surface area contributed by atoms with Crippen molar-refractivity contribution in [3.05, 3.63) is 75.7 Å². The summed E-state index contributed by atoms with van der Waals surface area (Å²) in [4.78, 5) is 24.0. The van der Waals surface area contributed by atoms with Crippen LogP contribution in [0.1, 0.15) is 55.6 Å². The molecular formula is C36H38O10. The number of aromatic carboxylic acids is 1. The van der Waals surface area contributed by atoms with Gasteiger partial charge in [0.05, 0.1) is 34.0 Å². The maximum atomic E-state index is 12.9. The average Bonchev–Trinajstić information content (AvgIpc) is 3.01. The summed E-state index contributed by atoms with van der Waals surface area (Å²) in [6, 6.07) is 12.1. The molecule has 6 rings (SSSR count). The van der Waals surface area contributed by atoms with Crippen LogP contribution in [0, 0.1) is 0 Å². The predicted molar refractivity (Wildman–Crippen MR) is 174 cm³/mol. The number of hydrogen-bond acceptors (Lipinski definition) is 9. The van der Waals surface area contributed by atoms with Crippen molar-refractivity contribution in [3.8, 4) is 45.6 Å². The number of methoxy groups -OCH3 is 4. The Morgan fingerprint density at radius 3 is 2.11 bits per heavy atom. The second kappa shape index (κ2) is 12.3. The molecule has 10 heteroatoms. The molecule has 4 aromatic rings. The molecule has 3 aromatic carbocycles. The average molecular weight is 631 g/mol. The van der Waals surface area contributed by atoms with Crippen molar-refractivity contribution in [1.29, 1.82) is 0 Å². The van der Waals surface area contributed by atoms with E-state index in [-0.39, 0.29) is 11.2 Å². The van der Waals surface area contributed by atoms with E-state index in [0.29, 0.717) is 50.8 Å². The van der Waals surface area contributed by atoms with Crippen LogP contribution in [-0.4, -0.2) is 50.7 Å². The predicted octanol–water partition coefficient (Wildman–Crippen LogP) is 7.17. The van der Waals surface area contributed by atoms with E-state index in [9.17, 15) is 9.59 Å². The first-order valence-corrected chi connectivity index (χ1v) is 14.7. The van der Waals surface area contributed by atoms with Gasteiger partial charge in [-0.1, -0.05) is 12.1 Å². The summed E-state index contributed by atoms with van der Waals surface area (Å²) < 4.78 is 39.4. The minimum absolute atomic E-state index is 0.189. The number of carboxylic acid groups (broad SMARTS) is 1. The van der Waals surface area contributed by atoms with Gasteiger partial charge in [-0.05, 0) is 82.5 Å². The molecule has 10 nitrogen and oxygen atoms in total. The lowest BCUT2D eigenvalue weighted by molar-refractivity contribution is 0.0690. The van der Waals surface area contributed by atoms with Crippen LogP contribution in [0.5, 0.6) is 34.5 Å². The van der Waals surface area contributed by atoms with Crippen LogP contribution in [0.2, 0.25) is 0 Å². The van der Waals surface area contributed by atoms with Gasteiger partial charge in [0, 0.05) is 11.6 Å². The van der Waals surface area contributed by atoms with E-state index in [0.717, 1.165) is 29.7 Å². The highest BCUT2D eigenvalue weighted by Crippen LogP contribution is 2.47. The molecule has 3 heterocycles. The van der Waals surface area contributed by atoms with E-state index >= 15 is 0 Å². The van der Waals surface area contributed by atoms with Crippen LogP contribution < -0.4 is 34.0 Å². The fourth-order valence-corrected chi connectivity index (χ4v) is 5.68. The molecule has 2 aliphatic heterocycles. The summed E-state index contributed by atoms with van der Waals surface area (Å²) in [5.41, 5.74) is 1.95. The van der Waals surface area contributed by atoms with E-state index in [1.807, 2.05) is 39.8 Å². The fraction of sp³-hybridized carbons (Fsp3) is 0.333. The fourth-order valence-electron chi connectivity index (χ4n) is 5.68. The molecular weight excluding hydrogens is 592 g/mol. The summed E-state index contributed by atoms with van der Waals surface area (Å²) in [6.45, 7) is 7.94. The lowest BCUT2D eigenvalue weighted by Crippen LogP contribution is -2.32. The molecule has 0 bridgehead atoms. The lowest BCUT2D eigenvalue weighted by Gasteiger charge is -2.33. The normalized spacial score (nSPS) is 15.2. The van der Waals surface area contributed by atoms with Gasteiger partial charge in [0.1, 0.15) is 67.8 Å². The van der Waals surface area contributed by atoms with Crippen LogP contribution in [-0.2, 0) is 6.42 Å². The number of hydrogen-bond donors (Lipinski definition) is 1. The number of ether oxygens (including phenoxy) is 6. The van der Waals surface area contributed by atoms with E-state index in [4.69, 9.17) is 37.9 Å². The topological polar surface area (TPSA) is 123 Å². The van der Waals surface area contributed by atoms with Gasteiger partial charge in [0.25, 0.3) is 0 Å². The van der Waals surface area contributed by atoms with Crippen LogP contribution in [0.25, 0.3) is 28.2 Å².